The molecule has 1 aromatic rings. The minimum atomic E-state index is -1.17. The van der Waals surface area contributed by atoms with Crippen molar-refractivity contribution in [2.24, 2.45) is 0 Å². The predicted molar refractivity (Wildman–Crippen MR) is 106 cm³/mol. The zero-order valence-electron chi connectivity index (χ0n) is 17.3. The third-order valence-corrected chi connectivity index (χ3v) is 4.37. The molecule has 168 valence electrons. The van der Waals surface area contributed by atoms with Gasteiger partial charge in [-0.25, -0.2) is 14.4 Å². The summed E-state index contributed by atoms with van der Waals surface area (Å²) in [6.45, 7) is 2.12. The van der Waals surface area contributed by atoms with Gasteiger partial charge in [0.1, 0.15) is 12.6 Å². The Morgan fingerprint density at radius 1 is 1.06 bits per heavy atom. The molecule has 0 bridgehead atoms. The van der Waals surface area contributed by atoms with Crippen LogP contribution in [0.15, 0.2) is 30.3 Å². The number of hydrogen-bond donors (Lipinski definition) is 1. The van der Waals surface area contributed by atoms with Gasteiger partial charge in [-0.3, -0.25) is 9.59 Å². The number of carbonyl (C=O) groups excluding carboxylic acids is 5. The van der Waals surface area contributed by atoms with Crippen LogP contribution in [0.3, 0.4) is 0 Å². The van der Waals surface area contributed by atoms with Gasteiger partial charge in [-0.05, 0) is 18.4 Å². The maximum absolute atomic E-state index is 12.5. The molecule has 1 heterocycles. The molecule has 1 aliphatic rings. The molecule has 0 aliphatic carbocycles. The van der Waals surface area contributed by atoms with Gasteiger partial charge in [0.25, 0.3) is 11.8 Å². The average molecular weight is 434 g/mol. The number of amides is 3. The first-order valence-electron chi connectivity index (χ1n) is 10.1. The number of alkyl carbamates (subject to hydrolysis) is 1. The summed E-state index contributed by atoms with van der Waals surface area (Å²) in [5.74, 6) is -2.84. The highest BCUT2D eigenvalue weighted by Gasteiger charge is 2.33. The van der Waals surface area contributed by atoms with Crippen molar-refractivity contribution >= 4 is 29.8 Å². The predicted octanol–water partition coefficient (Wildman–Crippen LogP) is 2.01. The summed E-state index contributed by atoms with van der Waals surface area (Å²) in [6, 6.07) is 7.79. The van der Waals surface area contributed by atoms with E-state index in [1.807, 2.05) is 13.0 Å². The van der Waals surface area contributed by atoms with Gasteiger partial charge in [-0.2, -0.15) is 0 Å². The van der Waals surface area contributed by atoms with E-state index in [4.69, 9.17) is 14.3 Å². The average Bonchev–Trinajstić information content (AvgIpc) is 3.07. The minimum absolute atomic E-state index is 0.00996. The Morgan fingerprint density at radius 2 is 1.74 bits per heavy atom. The first-order valence-corrected chi connectivity index (χ1v) is 10.1. The van der Waals surface area contributed by atoms with Crippen LogP contribution in [0.25, 0.3) is 0 Å². The molecule has 0 spiro atoms. The second-order valence-corrected chi connectivity index (χ2v) is 6.86. The maximum Gasteiger partial charge on any atom is 0.407 e. The summed E-state index contributed by atoms with van der Waals surface area (Å²) < 4.78 is 10.2. The van der Waals surface area contributed by atoms with Crippen LogP contribution in [0.1, 0.15) is 51.0 Å². The lowest BCUT2D eigenvalue weighted by Crippen LogP contribution is -2.43. The first-order chi connectivity index (χ1) is 14.9. The van der Waals surface area contributed by atoms with Crippen molar-refractivity contribution in [2.45, 2.75) is 58.1 Å². The van der Waals surface area contributed by atoms with Gasteiger partial charge in [-0.15, -0.1) is 5.06 Å². The van der Waals surface area contributed by atoms with Gasteiger partial charge in [-0.1, -0.05) is 43.7 Å². The van der Waals surface area contributed by atoms with Crippen molar-refractivity contribution in [1.82, 2.24) is 10.4 Å². The molecule has 1 saturated heterocycles. The molecule has 0 saturated carbocycles. The Morgan fingerprint density at radius 3 is 2.39 bits per heavy atom. The van der Waals surface area contributed by atoms with Gasteiger partial charge < -0.3 is 19.6 Å². The van der Waals surface area contributed by atoms with Crippen molar-refractivity contribution in [3.05, 3.63) is 35.9 Å². The Balaban J connectivity index is 1.91. The Bertz CT molecular complexity index is 780. The summed E-state index contributed by atoms with van der Waals surface area (Å²) in [7, 11) is 0. The summed E-state index contributed by atoms with van der Waals surface area (Å²) >= 11 is 0. The molecule has 0 radical (unpaired) electrons. The molecular formula is C21H26N2O8. The van der Waals surface area contributed by atoms with Crippen LogP contribution < -0.4 is 5.32 Å². The van der Waals surface area contributed by atoms with E-state index in [2.05, 4.69) is 5.32 Å². The SMILES string of the molecule is CCCCOC(=O)N[C@@H](CCC(=O)ON1C(=O)CCC1=O)C(=O)OCc1ccccc1. The van der Waals surface area contributed by atoms with E-state index < -0.39 is 35.9 Å². The number of hydrogen-bond acceptors (Lipinski definition) is 8. The number of rotatable bonds is 11. The molecule has 10 nitrogen and oxygen atoms in total. The number of carbonyl (C=O) groups is 5. The summed E-state index contributed by atoms with van der Waals surface area (Å²) in [5.41, 5.74) is 0.755. The molecule has 3 amide bonds. The molecule has 10 heteroatoms. The normalized spacial score (nSPS) is 14.2. The van der Waals surface area contributed by atoms with Crippen LogP contribution in [-0.4, -0.2) is 47.6 Å². The molecule has 0 unspecified atom stereocenters. The van der Waals surface area contributed by atoms with Crippen LogP contribution in [0.2, 0.25) is 0 Å². The van der Waals surface area contributed by atoms with E-state index in [0.717, 1.165) is 12.0 Å². The third kappa shape index (κ3) is 8.07. The monoisotopic (exact) mass is 434 g/mol. The number of esters is 1. The van der Waals surface area contributed by atoms with E-state index >= 15 is 0 Å². The van der Waals surface area contributed by atoms with Gasteiger partial charge in [0.2, 0.25) is 0 Å². The van der Waals surface area contributed by atoms with Crippen molar-refractivity contribution in [3.63, 3.8) is 0 Å². The molecule has 1 aliphatic heterocycles. The second-order valence-electron chi connectivity index (χ2n) is 6.86. The van der Waals surface area contributed by atoms with Gasteiger partial charge >= 0.3 is 18.0 Å². The standard InChI is InChI=1S/C21H26N2O8/c1-2-3-13-29-21(28)22-16(20(27)30-14-15-7-5-4-6-8-15)9-12-19(26)31-23-17(24)10-11-18(23)25/h4-8,16H,2-3,9-14H2,1H3,(H,22,28)/t16-/m0/s1. The quantitative estimate of drug-likeness (QED) is 0.318. The van der Waals surface area contributed by atoms with Gasteiger partial charge in [0.05, 0.1) is 13.0 Å². The molecule has 1 N–H and O–H groups in total. The maximum atomic E-state index is 12.5. The highest BCUT2D eigenvalue weighted by atomic mass is 16.7. The fourth-order valence-electron chi connectivity index (χ4n) is 2.64. The number of benzene rings is 1. The zero-order chi connectivity index (χ0) is 22.6. The molecular weight excluding hydrogens is 408 g/mol. The fraction of sp³-hybridized carbons (Fsp3) is 0.476. The number of hydroxylamine groups is 2. The number of unbranched alkanes of at least 4 members (excludes halogenated alkanes) is 1. The molecule has 1 atom stereocenters. The van der Waals surface area contributed by atoms with Crippen LogP contribution in [0.5, 0.6) is 0 Å². The number of imide groups is 1. The lowest BCUT2D eigenvalue weighted by atomic mass is 10.1. The highest BCUT2D eigenvalue weighted by Crippen LogP contribution is 2.14. The second kappa shape index (κ2) is 12.3. The first kappa shape index (κ1) is 23.8. The molecule has 31 heavy (non-hydrogen) atoms. The van der Waals surface area contributed by atoms with Crippen LogP contribution in [-0.2, 0) is 40.1 Å². The lowest BCUT2D eigenvalue weighted by Gasteiger charge is -2.18. The molecule has 0 aromatic heterocycles. The largest absolute Gasteiger partial charge is 0.459 e. The smallest absolute Gasteiger partial charge is 0.407 e. The van der Waals surface area contributed by atoms with E-state index in [-0.39, 0.29) is 38.9 Å². The lowest BCUT2D eigenvalue weighted by molar-refractivity contribution is -0.197. The van der Waals surface area contributed by atoms with Crippen molar-refractivity contribution in [2.75, 3.05) is 6.61 Å². The number of ether oxygens (including phenoxy) is 2. The van der Waals surface area contributed by atoms with E-state index in [9.17, 15) is 24.0 Å². The molecule has 1 fully saturated rings. The third-order valence-electron chi connectivity index (χ3n) is 4.37. The summed E-state index contributed by atoms with van der Waals surface area (Å²) in [4.78, 5) is 64.3. The summed E-state index contributed by atoms with van der Waals surface area (Å²) in [6.07, 6.45) is 0.143. The summed E-state index contributed by atoms with van der Waals surface area (Å²) in [5, 5.41) is 2.82. The van der Waals surface area contributed by atoms with E-state index in [1.54, 1.807) is 24.3 Å². The Hall–Kier alpha value is -3.43. The fourth-order valence-corrected chi connectivity index (χ4v) is 2.64. The van der Waals surface area contributed by atoms with Crippen LogP contribution >= 0.6 is 0 Å². The van der Waals surface area contributed by atoms with E-state index in [1.165, 1.54) is 0 Å². The number of nitrogens with one attached hydrogen (secondary N) is 1. The highest BCUT2D eigenvalue weighted by molar-refractivity contribution is 6.01. The van der Waals surface area contributed by atoms with E-state index in [0.29, 0.717) is 11.5 Å². The van der Waals surface area contributed by atoms with Gasteiger partial charge in [0, 0.05) is 12.8 Å². The minimum Gasteiger partial charge on any atom is -0.459 e. The zero-order valence-corrected chi connectivity index (χ0v) is 17.3. The molecule has 2 rings (SSSR count). The topological polar surface area (TPSA) is 128 Å². The van der Waals surface area contributed by atoms with Crippen molar-refractivity contribution < 1.29 is 38.3 Å². The Kier molecular flexibility index (Phi) is 9.47. The number of nitrogens with zero attached hydrogens (tertiary/aromatic N) is 1. The van der Waals surface area contributed by atoms with Crippen LogP contribution in [0.4, 0.5) is 4.79 Å². The van der Waals surface area contributed by atoms with Crippen molar-refractivity contribution in [1.29, 1.82) is 0 Å². The Labute approximate surface area is 179 Å². The van der Waals surface area contributed by atoms with Gasteiger partial charge in [0.15, 0.2) is 0 Å². The van der Waals surface area contributed by atoms with Crippen molar-refractivity contribution in [3.8, 4) is 0 Å². The van der Waals surface area contributed by atoms with Crippen LogP contribution in [0, 0.1) is 0 Å². The molecule has 1 aromatic carbocycles.